The lowest BCUT2D eigenvalue weighted by molar-refractivity contribution is -0.124. The summed E-state index contributed by atoms with van der Waals surface area (Å²) < 4.78 is 10.9. The number of rotatable bonds is 20. The second-order valence-corrected chi connectivity index (χ2v) is 9.54. The zero-order valence-corrected chi connectivity index (χ0v) is 21.5. The van der Waals surface area contributed by atoms with Gasteiger partial charge < -0.3 is 20.1 Å². The molecule has 0 aliphatic carbocycles. The van der Waals surface area contributed by atoms with Crippen LogP contribution in [0.4, 0.5) is 0 Å². The van der Waals surface area contributed by atoms with Crippen molar-refractivity contribution in [2.75, 3.05) is 33.0 Å². The molecule has 7 heteroatoms. The summed E-state index contributed by atoms with van der Waals surface area (Å²) in [6.45, 7) is 16.1. The molecule has 1 amide bonds. The fourth-order valence-electron chi connectivity index (χ4n) is 3.25. The Hall–Kier alpha value is -1.31. The second-order valence-electron chi connectivity index (χ2n) is 9.54. The predicted molar refractivity (Wildman–Crippen MR) is 129 cm³/mol. The van der Waals surface area contributed by atoms with E-state index in [0.717, 1.165) is 12.8 Å². The van der Waals surface area contributed by atoms with Crippen LogP contribution in [0, 0.1) is 17.8 Å². The zero-order chi connectivity index (χ0) is 24.5. The predicted octanol–water partition coefficient (Wildman–Crippen LogP) is 3.54. The minimum atomic E-state index is -0.205. The Morgan fingerprint density at radius 2 is 1.47 bits per heavy atom. The molecule has 0 saturated carbocycles. The molecule has 0 aromatic rings. The van der Waals surface area contributed by atoms with Gasteiger partial charge in [-0.15, -0.1) is 0 Å². The maximum absolute atomic E-state index is 12.5. The third kappa shape index (κ3) is 15.5. The van der Waals surface area contributed by atoms with Gasteiger partial charge in [0.1, 0.15) is 11.6 Å². The number of carbonyl (C=O) groups is 3. The number of hydrogen-bond acceptors (Lipinski definition) is 6. The monoisotopic (exact) mass is 456 g/mol. The lowest BCUT2D eigenvalue weighted by Crippen LogP contribution is -2.47. The summed E-state index contributed by atoms with van der Waals surface area (Å²) >= 11 is 0. The van der Waals surface area contributed by atoms with Crippen LogP contribution in [-0.4, -0.2) is 62.5 Å². The van der Waals surface area contributed by atoms with E-state index < -0.39 is 0 Å². The number of Topliss-reactive ketones (excluding diaryl/α,β-unsaturated/α-hetero) is 2. The molecule has 0 heterocycles. The van der Waals surface area contributed by atoms with Crippen LogP contribution in [-0.2, 0) is 23.9 Å². The van der Waals surface area contributed by atoms with Crippen molar-refractivity contribution in [2.45, 2.75) is 92.7 Å². The molecule has 32 heavy (non-hydrogen) atoms. The van der Waals surface area contributed by atoms with Gasteiger partial charge in [0, 0.05) is 37.8 Å². The van der Waals surface area contributed by atoms with Crippen molar-refractivity contribution in [1.29, 1.82) is 0 Å². The van der Waals surface area contributed by atoms with Crippen molar-refractivity contribution < 1.29 is 23.9 Å². The Labute approximate surface area is 195 Å². The molecule has 2 N–H and O–H groups in total. The molecule has 0 fully saturated rings. The van der Waals surface area contributed by atoms with Crippen LogP contribution in [0.15, 0.2) is 0 Å². The molecule has 0 radical (unpaired) electrons. The van der Waals surface area contributed by atoms with Gasteiger partial charge in [-0.25, -0.2) is 0 Å². The molecular formula is C25H48N2O5. The molecule has 188 valence electrons. The summed E-state index contributed by atoms with van der Waals surface area (Å²) in [5.74, 6) is 1.09. The highest BCUT2D eigenvalue weighted by molar-refractivity contribution is 5.84. The van der Waals surface area contributed by atoms with Gasteiger partial charge in [0.15, 0.2) is 0 Å². The van der Waals surface area contributed by atoms with Gasteiger partial charge in [-0.3, -0.25) is 14.4 Å². The van der Waals surface area contributed by atoms with E-state index in [4.69, 9.17) is 9.47 Å². The SMILES string of the molecule is CCC(=O)[C@@H](NC(CCC(C)C)CC(=O)CCOCCOCCNC(=O)C(C)C)C(C)C. The number of hydrogen-bond donors (Lipinski definition) is 2. The average molecular weight is 457 g/mol. The van der Waals surface area contributed by atoms with Crippen LogP contribution in [0.25, 0.3) is 0 Å². The van der Waals surface area contributed by atoms with Gasteiger partial charge in [-0.05, 0) is 24.7 Å². The molecule has 2 atom stereocenters. The number of amides is 1. The molecule has 0 aliphatic heterocycles. The fourth-order valence-corrected chi connectivity index (χ4v) is 3.25. The van der Waals surface area contributed by atoms with E-state index in [-0.39, 0.29) is 41.4 Å². The first kappa shape index (κ1) is 30.7. The first-order valence-electron chi connectivity index (χ1n) is 12.3. The van der Waals surface area contributed by atoms with E-state index in [1.807, 2.05) is 34.6 Å². The number of nitrogens with one attached hydrogen (secondary N) is 2. The van der Waals surface area contributed by atoms with Gasteiger partial charge >= 0.3 is 0 Å². The third-order valence-electron chi connectivity index (χ3n) is 5.31. The number of ether oxygens (including phenoxy) is 2. The van der Waals surface area contributed by atoms with E-state index in [9.17, 15) is 14.4 Å². The Kier molecular flexibility index (Phi) is 17.4. The van der Waals surface area contributed by atoms with Crippen molar-refractivity contribution >= 4 is 17.5 Å². The topological polar surface area (TPSA) is 93.7 Å². The van der Waals surface area contributed by atoms with Crippen LogP contribution in [0.2, 0.25) is 0 Å². The molecule has 7 nitrogen and oxygen atoms in total. The van der Waals surface area contributed by atoms with Crippen LogP contribution in [0.3, 0.4) is 0 Å². The molecule has 0 spiro atoms. The highest BCUT2D eigenvalue weighted by atomic mass is 16.5. The van der Waals surface area contributed by atoms with Gasteiger partial charge in [0.05, 0.1) is 32.5 Å². The van der Waals surface area contributed by atoms with E-state index in [2.05, 4.69) is 24.5 Å². The molecule has 0 saturated heterocycles. The third-order valence-corrected chi connectivity index (χ3v) is 5.31. The second kappa shape index (κ2) is 18.2. The summed E-state index contributed by atoms with van der Waals surface area (Å²) in [5, 5.41) is 6.26. The van der Waals surface area contributed by atoms with Gasteiger partial charge in [0.2, 0.25) is 5.91 Å². The summed E-state index contributed by atoms with van der Waals surface area (Å²) in [6, 6.07) is -0.194. The summed E-state index contributed by atoms with van der Waals surface area (Å²) in [4.78, 5) is 36.2. The Morgan fingerprint density at radius 3 is 2.00 bits per heavy atom. The Balaban J connectivity index is 4.22. The fraction of sp³-hybridized carbons (Fsp3) is 0.880. The van der Waals surface area contributed by atoms with Gasteiger partial charge in [-0.1, -0.05) is 48.5 Å². The quantitative estimate of drug-likeness (QED) is 0.272. The summed E-state index contributed by atoms with van der Waals surface area (Å²) in [7, 11) is 0. The minimum absolute atomic E-state index is 0.0113. The first-order chi connectivity index (χ1) is 15.1. The van der Waals surface area contributed by atoms with E-state index >= 15 is 0 Å². The molecule has 0 aliphatic rings. The van der Waals surface area contributed by atoms with Crippen molar-refractivity contribution in [3.05, 3.63) is 0 Å². The summed E-state index contributed by atoms with van der Waals surface area (Å²) in [6.07, 6.45) is 3.18. The maximum atomic E-state index is 12.5. The largest absolute Gasteiger partial charge is 0.379 e. The van der Waals surface area contributed by atoms with Crippen LogP contribution in [0.5, 0.6) is 0 Å². The van der Waals surface area contributed by atoms with Crippen molar-refractivity contribution in [3.63, 3.8) is 0 Å². The standard InChI is InChI=1S/C25H48N2O5/c1-8-23(29)24(19(4)5)27-21(10-9-18(2)3)17-22(28)11-13-31-15-16-32-14-12-26-25(30)20(6)7/h18-21,24,27H,8-17H2,1-7H3,(H,26,30)/t21?,24-/m0/s1. The Bertz CT molecular complexity index is 534. The molecule has 0 bridgehead atoms. The normalized spacial score (nSPS) is 13.6. The van der Waals surface area contributed by atoms with Crippen molar-refractivity contribution in [2.24, 2.45) is 17.8 Å². The number of carbonyl (C=O) groups excluding carboxylic acids is 3. The molecular weight excluding hydrogens is 408 g/mol. The number of ketones is 2. The van der Waals surface area contributed by atoms with Crippen LogP contribution in [0.1, 0.15) is 80.6 Å². The van der Waals surface area contributed by atoms with Gasteiger partial charge in [0.25, 0.3) is 0 Å². The Morgan fingerprint density at radius 1 is 0.844 bits per heavy atom. The highest BCUT2D eigenvalue weighted by Crippen LogP contribution is 2.14. The molecule has 0 aromatic heterocycles. The lowest BCUT2D eigenvalue weighted by Gasteiger charge is -2.27. The zero-order valence-electron chi connectivity index (χ0n) is 21.5. The molecule has 1 unspecified atom stereocenters. The minimum Gasteiger partial charge on any atom is -0.379 e. The van der Waals surface area contributed by atoms with Crippen molar-refractivity contribution in [3.8, 4) is 0 Å². The van der Waals surface area contributed by atoms with Crippen LogP contribution < -0.4 is 10.6 Å². The van der Waals surface area contributed by atoms with E-state index in [1.54, 1.807) is 0 Å². The summed E-state index contributed by atoms with van der Waals surface area (Å²) in [5.41, 5.74) is 0. The van der Waals surface area contributed by atoms with E-state index in [1.165, 1.54) is 0 Å². The molecule has 0 aromatic carbocycles. The average Bonchev–Trinajstić information content (AvgIpc) is 2.73. The smallest absolute Gasteiger partial charge is 0.222 e. The van der Waals surface area contributed by atoms with Gasteiger partial charge in [-0.2, -0.15) is 0 Å². The maximum Gasteiger partial charge on any atom is 0.222 e. The molecule has 0 rings (SSSR count). The highest BCUT2D eigenvalue weighted by Gasteiger charge is 2.25. The van der Waals surface area contributed by atoms with Crippen LogP contribution >= 0.6 is 0 Å². The first-order valence-corrected chi connectivity index (χ1v) is 12.3. The van der Waals surface area contributed by atoms with Crippen molar-refractivity contribution in [1.82, 2.24) is 10.6 Å². The van der Waals surface area contributed by atoms with E-state index in [0.29, 0.717) is 58.2 Å². The lowest BCUT2D eigenvalue weighted by atomic mass is 9.93.